The molecule has 6 heteroatoms. The molecule has 1 saturated heterocycles. The Bertz CT molecular complexity index is 1160. The number of amides is 1. The summed E-state index contributed by atoms with van der Waals surface area (Å²) in [6.07, 6.45) is 0. The molecule has 0 aromatic heterocycles. The minimum absolute atomic E-state index is 0.214. The van der Waals surface area contributed by atoms with Crippen molar-refractivity contribution in [3.05, 3.63) is 84.4 Å². The number of rotatable bonds is 4. The molecule has 1 aliphatic rings. The lowest BCUT2D eigenvalue weighted by molar-refractivity contribution is -0.123. The van der Waals surface area contributed by atoms with E-state index < -0.39 is 16.1 Å². The van der Waals surface area contributed by atoms with E-state index in [1.54, 1.807) is 36.1 Å². The average Bonchev–Trinajstić information content (AvgIpc) is 2.76. The second-order valence-corrected chi connectivity index (χ2v) is 9.37. The predicted molar refractivity (Wildman–Crippen MR) is 119 cm³/mol. The number of nitrogens with zero attached hydrogens (tertiary/aromatic N) is 2. The van der Waals surface area contributed by atoms with Crippen molar-refractivity contribution in [3.8, 4) is 11.1 Å². The van der Waals surface area contributed by atoms with E-state index in [0.29, 0.717) is 6.54 Å². The average molecular weight is 421 g/mol. The molecule has 3 aromatic carbocycles. The fraction of sp³-hybridized carbons (Fsp3) is 0.208. The first-order chi connectivity index (χ1) is 14.4. The summed E-state index contributed by atoms with van der Waals surface area (Å²) >= 11 is 0. The van der Waals surface area contributed by atoms with Crippen molar-refractivity contribution >= 4 is 21.6 Å². The van der Waals surface area contributed by atoms with E-state index in [1.807, 2.05) is 61.5 Å². The maximum Gasteiger partial charge on any atom is 0.245 e. The lowest BCUT2D eigenvalue weighted by Crippen LogP contribution is -2.57. The zero-order valence-electron chi connectivity index (χ0n) is 17.0. The SMILES string of the molecule is Cc1ccc(S(=O)(=O)N2CCN(c3ccccc3-c3ccccc3)C(=O)C2C)cc1. The summed E-state index contributed by atoms with van der Waals surface area (Å²) in [6, 6.07) is 23.6. The van der Waals surface area contributed by atoms with Crippen molar-refractivity contribution in [1.82, 2.24) is 4.31 Å². The summed E-state index contributed by atoms with van der Waals surface area (Å²) in [7, 11) is -3.74. The van der Waals surface area contributed by atoms with Crippen LogP contribution in [0.2, 0.25) is 0 Å². The molecule has 1 unspecified atom stereocenters. The Kier molecular flexibility index (Phi) is 5.45. The highest BCUT2D eigenvalue weighted by Gasteiger charge is 2.40. The molecule has 0 radical (unpaired) electrons. The Morgan fingerprint density at radius 2 is 1.47 bits per heavy atom. The monoisotopic (exact) mass is 420 g/mol. The van der Waals surface area contributed by atoms with Crippen LogP contribution >= 0.6 is 0 Å². The third kappa shape index (κ3) is 3.64. The smallest absolute Gasteiger partial charge is 0.245 e. The van der Waals surface area contributed by atoms with E-state index in [4.69, 9.17) is 0 Å². The van der Waals surface area contributed by atoms with Crippen LogP contribution in [0, 0.1) is 6.92 Å². The Balaban J connectivity index is 1.65. The minimum Gasteiger partial charge on any atom is -0.309 e. The maximum absolute atomic E-state index is 13.3. The van der Waals surface area contributed by atoms with Gasteiger partial charge in [0.2, 0.25) is 15.9 Å². The van der Waals surface area contributed by atoms with Crippen molar-refractivity contribution < 1.29 is 13.2 Å². The van der Waals surface area contributed by atoms with Gasteiger partial charge in [0.15, 0.2) is 0 Å². The summed E-state index contributed by atoms with van der Waals surface area (Å²) < 4.78 is 27.6. The van der Waals surface area contributed by atoms with Crippen LogP contribution < -0.4 is 4.90 Å². The Morgan fingerprint density at radius 1 is 0.833 bits per heavy atom. The number of benzene rings is 3. The second kappa shape index (κ2) is 8.05. The molecule has 1 heterocycles. The van der Waals surface area contributed by atoms with E-state index in [9.17, 15) is 13.2 Å². The summed E-state index contributed by atoms with van der Waals surface area (Å²) in [4.78, 5) is 15.2. The molecule has 0 bridgehead atoms. The van der Waals surface area contributed by atoms with Crippen molar-refractivity contribution in [2.45, 2.75) is 24.8 Å². The quantitative estimate of drug-likeness (QED) is 0.639. The van der Waals surface area contributed by atoms with Crippen LogP contribution in [0.3, 0.4) is 0 Å². The second-order valence-electron chi connectivity index (χ2n) is 7.48. The third-order valence-corrected chi connectivity index (χ3v) is 7.49. The highest BCUT2D eigenvalue weighted by Crippen LogP contribution is 2.33. The number of sulfonamides is 1. The van der Waals surface area contributed by atoms with Gasteiger partial charge in [0.1, 0.15) is 6.04 Å². The van der Waals surface area contributed by atoms with Crippen molar-refractivity contribution in [2.24, 2.45) is 0 Å². The molecule has 0 spiro atoms. The molecule has 0 aliphatic carbocycles. The number of hydrogen-bond donors (Lipinski definition) is 0. The molecule has 4 rings (SSSR count). The molecule has 1 amide bonds. The van der Waals surface area contributed by atoms with E-state index in [1.165, 1.54) is 4.31 Å². The van der Waals surface area contributed by atoms with Gasteiger partial charge >= 0.3 is 0 Å². The van der Waals surface area contributed by atoms with Gasteiger partial charge in [-0.1, -0.05) is 66.2 Å². The summed E-state index contributed by atoms with van der Waals surface area (Å²) in [5.74, 6) is -0.222. The Morgan fingerprint density at radius 3 is 2.17 bits per heavy atom. The molecular formula is C24H24N2O3S. The van der Waals surface area contributed by atoms with Crippen molar-refractivity contribution in [3.63, 3.8) is 0 Å². The molecule has 5 nitrogen and oxygen atoms in total. The van der Waals surface area contributed by atoms with Crippen LogP contribution in [-0.2, 0) is 14.8 Å². The topological polar surface area (TPSA) is 57.7 Å². The van der Waals surface area contributed by atoms with Gasteiger partial charge in [0.05, 0.1) is 10.6 Å². The van der Waals surface area contributed by atoms with Gasteiger partial charge in [-0.15, -0.1) is 0 Å². The normalized spacial score (nSPS) is 17.9. The van der Waals surface area contributed by atoms with Crippen LogP contribution in [0.25, 0.3) is 11.1 Å². The number of piperazine rings is 1. The van der Waals surface area contributed by atoms with Crippen LogP contribution in [-0.4, -0.2) is 37.8 Å². The van der Waals surface area contributed by atoms with Crippen LogP contribution in [0.15, 0.2) is 83.8 Å². The number of carbonyl (C=O) groups is 1. The first-order valence-electron chi connectivity index (χ1n) is 9.94. The van der Waals surface area contributed by atoms with Gasteiger partial charge in [-0.3, -0.25) is 4.79 Å². The molecule has 0 saturated carbocycles. The molecule has 1 aliphatic heterocycles. The largest absolute Gasteiger partial charge is 0.309 e. The van der Waals surface area contributed by atoms with E-state index in [-0.39, 0.29) is 17.3 Å². The Labute approximate surface area is 177 Å². The van der Waals surface area contributed by atoms with E-state index in [2.05, 4.69) is 0 Å². The summed E-state index contributed by atoms with van der Waals surface area (Å²) in [5.41, 5.74) is 3.75. The third-order valence-electron chi connectivity index (χ3n) is 5.51. The predicted octanol–water partition coefficient (Wildman–Crippen LogP) is 4.09. The minimum atomic E-state index is -3.74. The number of hydrogen-bond acceptors (Lipinski definition) is 3. The standard InChI is InChI=1S/C24H24N2O3S/c1-18-12-14-21(15-13-18)30(28,29)26-17-16-25(24(27)19(26)2)23-11-7-6-10-22(23)20-8-4-3-5-9-20/h3-15,19H,16-17H2,1-2H3. The number of para-hydroxylation sites is 1. The van der Waals surface area contributed by atoms with Gasteiger partial charge in [0.25, 0.3) is 0 Å². The molecule has 1 fully saturated rings. The van der Waals surface area contributed by atoms with Gasteiger partial charge in [0, 0.05) is 18.7 Å². The van der Waals surface area contributed by atoms with Crippen LogP contribution in [0.5, 0.6) is 0 Å². The molecule has 1 atom stereocenters. The lowest BCUT2D eigenvalue weighted by atomic mass is 10.0. The van der Waals surface area contributed by atoms with Gasteiger partial charge in [-0.2, -0.15) is 4.31 Å². The molecule has 3 aromatic rings. The van der Waals surface area contributed by atoms with Gasteiger partial charge < -0.3 is 4.90 Å². The zero-order valence-corrected chi connectivity index (χ0v) is 17.8. The molecule has 30 heavy (non-hydrogen) atoms. The molecular weight excluding hydrogens is 396 g/mol. The maximum atomic E-state index is 13.3. The molecule has 0 N–H and O–H groups in total. The number of anilines is 1. The first kappa shape index (κ1) is 20.3. The van der Waals surface area contributed by atoms with Gasteiger partial charge in [-0.05, 0) is 37.6 Å². The Hall–Kier alpha value is -2.96. The van der Waals surface area contributed by atoms with E-state index >= 15 is 0 Å². The van der Waals surface area contributed by atoms with E-state index in [0.717, 1.165) is 22.4 Å². The zero-order chi connectivity index (χ0) is 21.3. The summed E-state index contributed by atoms with van der Waals surface area (Å²) in [6.45, 7) is 4.11. The number of aryl methyl sites for hydroxylation is 1. The highest BCUT2D eigenvalue weighted by atomic mass is 32.2. The number of carbonyl (C=O) groups excluding carboxylic acids is 1. The first-order valence-corrected chi connectivity index (χ1v) is 11.4. The fourth-order valence-corrected chi connectivity index (χ4v) is 5.41. The van der Waals surface area contributed by atoms with Crippen LogP contribution in [0.4, 0.5) is 5.69 Å². The lowest BCUT2D eigenvalue weighted by Gasteiger charge is -2.39. The highest BCUT2D eigenvalue weighted by molar-refractivity contribution is 7.89. The van der Waals surface area contributed by atoms with Gasteiger partial charge in [-0.25, -0.2) is 8.42 Å². The van der Waals surface area contributed by atoms with Crippen molar-refractivity contribution in [1.29, 1.82) is 0 Å². The summed E-state index contributed by atoms with van der Waals surface area (Å²) in [5, 5.41) is 0. The fourth-order valence-electron chi connectivity index (χ4n) is 3.84. The van der Waals surface area contributed by atoms with Crippen molar-refractivity contribution in [2.75, 3.05) is 18.0 Å². The molecule has 154 valence electrons. The van der Waals surface area contributed by atoms with Crippen LogP contribution in [0.1, 0.15) is 12.5 Å².